The Morgan fingerprint density at radius 2 is 2.04 bits per heavy atom. The van der Waals surface area contributed by atoms with E-state index in [1.165, 1.54) is 0 Å². The van der Waals surface area contributed by atoms with E-state index in [0.717, 1.165) is 12.8 Å². The third-order valence-corrected chi connectivity index (χ3v) is 4.46. The highest BCUT2D eigenvalue weighted by Crippen LogP contribution is 2.27. The zero-order valence-corrected chi connectivity index (χ0v) is 13.6. The van der Waals surface area contributed by atoms with Crippen molar-refractivity contribution in [2.45, 2.75) is 31.8 Å². The lowest BCUT2D eigenvalue weighted by atomic mass is 9.96. The Morgan fingerprint density at radius 3 is 2.84 bits per heavy atom. The number of pyridine rings is 1. The van der Waals surface area contributed by atoms with Crippen LogP contribution in [-0.4, -0.2) is 22.8 Å². The topological polar surface area (TPSA) is 69.4 Å². The number of para-hydroxylation sites is 1. The van der Waals surface area contributed by atoms with Gasteiger partial charge in [0.25, 0.3) is 0 Å². The minimum Gasteiger partial charge on any atom is -0.463 e. The molecule has 1 saturated carbocycles. The third kappa shape index (κ3) is 3.05. The highest BCUT2D eigenvalue weighted by Gasteiger charge is 2.27. The molecule has 1 aromatic carbocycles. The Morgan fingerprint density at radius 1 is 1.16 bits per heavy atom. The molecule has 1 atom stereocenters. The summed E-state index contributed by atoms with van der Waals surface area (Å²) in [5.41, 5.74) is 1.64. The van der Waals surface area contributed by atoms with Crippen LogP contribution in [0.1, 0.15) is 36.0 Å². The maximum atomic E-state index is 12.8. The molecule has 126 valence electrons. The predicted molar refractivity (Wildman–Crippen MR) is 92.1 cm³/mol. The first-order valence-electron chi connectivity index (χ1n) is 8.40. The number of nitrogens with zero attached hydrogens (tertiary/aromatic N) is 1. The van der Waals surface area contributed by atoms with Crippen molar-refractivity contribution < 1.29 is 18.7 Å². The average Bonchev–Trinajstić information content (AvgIpc) is 3.17. The summed E-state index contributed by atoms with van der Waals surface area (Å²) in [5.74, 6) is 0.0874. The largest absolute Gasteiger partial charge is 0.463 e. The fraction of sp³-hybridized carbons (Fsp3) is 0.250. The van der Waals surface area contributed by atoms with E-state index in [9.17, 15) is 9.59 Å². The number of ether oxygens (including phenoxy) is 1. The molecule has 0 bridgehead atoms. The van der Waals surface area contributed by atoms with E-state index in [0.29, 0.717) is 40.8 Å². The molecule has 0 amide bonds. The molecular weight excluding hydrogens is 318 g/mol. The summed E-state index contributed by atoms with van der Waals surface area (Å²) in [6.07, 6.45) is 3.77. The van der Waals surface area contributed by atoms with Crippen LogP contribution in [-0.2, 0) is 9.53 Å². The van der Waals surface area contributed by atoms with Crippen LogP contribution in [0.2, 0.25) is 0 Å². The van der Waals surface area contributed by atoms with Gasteiger partial charge in [-0.1, -0.05) is 18.2 Å². The van der Waals surface area contributed by atoms with Crippen molar-refractivity contribution in [3.63, 3.8) is 0 Å². The highest BCUT2D eigenvalue weighted by molar-refractivity contribution is 6.05. The number of aromatic nitrogens is 1. The molecule has 3 aromatic rings. The lowest BCUT2D eigenvalue weighted by Gasteiger charge is -2.21. The predicted octanol–water partition coefficient (Wildman–Crippen LogP) is 4.16. The summed E-state index contributed by atoms with van der Waals surface area (Å²) < 4.78 is 10.9. The van der Waals surface area contributed by atoms with Gasteiger partial charge in [0.05, 0.1) is 17.3 Å². The van der Waals surface area contributed by atoms with Crippen molar-refractivity contribution in [1.82, 2.24) is 4.98 Å². The smallest absolute Gasteiger partial charge is 0.339 e. The van der Waals surface area contributed by atoms with Gasteiger partial charge in [-0.15, -0.1) is 0 Å². The number of fused-ring (bicyclic) bond motifs is 1. The van der Waals surface area contributed by atoms with Crippen molar-refractivity contribution in [1.29, 1.82) is 0 Å². The molecule has 5 heteroatoms. The Kier molecular flexibility index (Phi) is 4.06. The van der Waals surface area contributed by atoms with Gasteiger partial charge in [0, 0.05) is 11.8 Å². The zero-order valence-electron chi connectivity index (χ0n) is 13.6. The Hall–Kier alpha value is -2.95. The van der Waals surface area contributed by atoms with Gasteiger partial charge < -0.3 is 9.15 Å². The van der Waals surface area contributed by atoms with Gasteiger partial charge in [-0.25, -0.2) is 9.78 Å². The number of esters is 1. The fourth-order valence-corrected chi connectivity index (χ4v) is 3.16. The first-order chi connectivity index (χ1) is 12.2. The van der Waals surface area contributed by atoms with E-state index in [1.807, 2.05) is 24.3 Å². The van der Waals surface area contributed by atoms with Gasteiger partial charge >= 0.3 is 5.97 Å². The monoisotopic (exact) mass is 335 g/mol. The van der Waals surface area contributed by atoms with E-state index in [2.05, 4.69) is 4.98 Å². The molecule has 2 heterocycles. The Bertz CT molecular complexity index is 930. The van der Waals surface area contributed by atoms with Crippen molar-refractivity contribution in [2.75, 3.05) is 0 Å². The number of benzene rings is 1. The second-order valence-corrected chi connectivity index (χ2v) is 6.16. The van der Waals surface area contributed by atoms with Gasteiger partial charge in [0.1, 0.15) is 5.69 Å². The quantitative estimate of drug-likeness (QED) is 0.672. The van der Waals surface area contributed by atoms with E-state index in [4.69, 9.17) is 9.15 Å². The molecule has 1 fully saturated rings. The maximum Gasteiger partial charge on any atom is 0.339 e. The Balaban J connectivity index is 1.74. The molecular formula is C20H17NO4. The number of carbonyl (C=O) groups excluding carboxylic acids is 2. The number of hydrogen-bond donors (Lipinski definition) is 0. The zero-order chi connectivity index (χ0) is 17.2. The number of furan rings is 1. The SMILES string of the molecule is O=C(O[C@H]1CCCCC1=O)c1cc(-c2ccco2)nc2ccccc12. The number of rotatable bonds is 3. The first-order valence-corrected chi connectivity index (χ1v) is 8.40. The number of hydrogen-bond acceptors (Lipinski definition) is 5. The van der Waals surface area contributed by atoms with Gasteiger partial charge in [-0.05, 0) is 43.5 Å². The second kappa shape index (κ2) is 6.51. The van der Waals surface area contributed by atoms with Crippen molar-refractivity contribution in [3.05, 3.63) is 54.3 Å². The minimum atomic E-state index is -0.639. The van der Waals surface area contributed by atoms with E-state index in [-0.39, 0.29) is 5.78 Å². The van der Waals surface area contributed by atoms with Gasteiger partial charge in [0.2, 0.25) is 0 Å². The van der Waals surface area contributed by atoms with Crippen LogP contribution >= 0.6 is 0 Å². The molecule has 2 aromatic heterocycles. The first kappa shape index (κ1) is 15.6. The maximum absolute atomic E-state index is 12.8. The molecule has 25 heavy (non-hydrogen) atoms. The average molecular weight is 335 g/mol. The molecule has 0 spiro atoms. The van der Waals surface area contributed by atoms with Crippen LogP contribution in [0, 0.1) is 0 Å². The number of carbonyl (C=O) groups is 2. The van der Waals surface area contributed by atoms with Crippen LogP contribution in [0.15, 0.2) is 53.1 Å². The van der Waals surface area contributed by atoms with Gasteiger partial charge in [-0.2, -0.15) is 0 Å². The molecule has 0 unspecified atom stereocenters. The number of Topliss-reactive ketones (excluding diaryl/α,β-unsaturated/α-hetero) is 1. The van der Waals surface area contributed by atoms with Crippen LogP contribution in [0.5, 0.6) is 0 Å². The Labute approximate surface area is 144 Å². The van der Waals surface area contributed by atoms with Crippen molar-refractivity contribution in [2.24, 2.45) is 0 Å². The standard InChI is InChI=1S/C20H17NO4/c22-17-8-3-4-9-19(17)25-20(23)14-12-16(18-10-5-11-24-18)21-15-7-2-1-6-13(14)15/h1-2,5-7,10-12,19H,3-4,8-9H2/t19-/m0/s1. The van der Waals surface area contributed by atoms with Gasteiger partial charge in [0.15, 0.2) is 17.6 Å². The summed E-state index contributed by atoms with van der Waals surface area (Å²) >= 11 is 0. The molecule has 0 radical (unpaired) electrons. The van der Waals surface area contributed by atoms with Crippen LogP contribution < -0.4 is 0 Å². The molecule has 0 saturated heterocycles. The summed E-state index contributed by atoms with van der Waals surface area (Å²) in [6, 6.07) is 12.6. The van der Waals surface area contributed by atoms with E-state index >= 15 is 0 Å². The normalized spacial score (nSPS) is 17.6. The number of ketones is 1. The minimum absolute atomic E-state index is 0.00391. The van der Waals surface area contributed by atoms with Crippen molar-refractivity contribution in [3.8, 4) is 11.5 Å². The molecule has 5 nitrogen and oxygen atoms in total. The third-order valence-electron chi connectivity index (χ3n) is 4.46. The summed E-state index contributed by atoms with van der Waals surface area (Å²) in [6.45, 7) is 0. The summed E-state index contributed by atoms with van der Waals surface area (Å²) in [4.78, 5) is 29.3. The fourth-order valence-electron chi connectivity index (χ4n) is 3.16. The van der Waals surface area contributed by atoms with E-state index < -0.39 is 12.1 Å². The summed E-state index contributed by atoms with van der Waals surface area (Å²) in [7, 11) is 0. The second-order valence-electron chi connectivity index (χ2n) is 6.16. The molecule has 1 aliphatic rings. The lowest BCUT2D eigenvalue weighted by Crippen LogP contribution is -2.30. The molecule has 0 aliphatic heterocycles. The summed E-state index contributed by atoms with van der Waals surface area (Å²) in [5, 5.41) is 0.700. The van der Waals surface area contributed by atoms with Crippen LogP contribution in [0.25, 0.3) is 22.4 Å². The van der Waals surface area contributed by atoms with Crippen LogP contribution in [0.3, 0.4) is 0 Å². The molecule has 4 rings (SSSR count). The van der Waals surface area contributed by atoms with Gasteiger partial charge in [-0.3, -0.25) is 4.79 Å². The van der Waals surface area contributed by atoms with E-state index in [1.54, 1.807) is 24.5 Å². The van der Waals surface area contributed by atoms with Crippen molar-refractivity contribution >= 4 is 22.7 Å². The molecule has 0 N–H and O–H groups in total. The highest BCUT2D eigenvalue weighted by atomic mass is 16.5. The van der Waals surface area contributed by atoms with Crippen LogP contribution in [0.4, 0.5) is 0 Å². The molecule has 1 aliphatic carbocycles. The lowest BCUT2D eigenvalue weighted by molar-refractivity contribution is -0.129.